The highest BCUT2D eigenvalue weighted by Gasteiger charge is 2.27. The molecule has 1 aliphatic heterocycles. The van der Waals surface area contributed by atoms with E-state index in [1.807, 2.05) is 6.92 Å². The summed E-state index contributed by atoms with van der Waals surface area (Å²) in [4.78, 5) is 24.1. The molecule has 0 radical (unpaired) electrons. The third-order valence-electron chi connectivity index (χ3n) is 3.09. The summed E-state index contributed by atoms with van der Waals surface area (Å²) in [5.74, 6) is -0.433. The number of carbonyl (C=O) groups excluding carboxylic acids is 1. The molecule has 1 fully saturated rings. The lowest BCUT2D eigenvalue weighted by Gasteiger charge is -2.19. The minimum absolute atomic E-state index is 0.0876. The number of nitrogens with one attached hydrogen (secondary N) is 1. The Labute approximate surface area is 107 Å². The van der Waals surface area contributed by atoms with E-state index in [1.165, 1.54) is 0 Å². The van der Waals surface area contributed by atoms with Gasteiger partial charge in [-0.2, -0.15) is 0 Å². The first-order valence-electron chi connectivity index (χ1n) is 6.26. The van der Waals surface area contributed by atoms with Gasteiger partial charge < -0.3 is 20.1 Å². The van der Waals surface area contributed by atoms with Crippen molar-refractivity contribution in [1.82, 2.24) is 10.2 Å². The molecule has 0 saturated carbocycles. The van der Waals surface area contributed by atoms with E-state index in [0.29, 0.717) is 26.2 Å². The summed E-state index contributed by atoms with van der Waals surface area (Å²) < 4.78 is 4.99. The maximum atomic E-state index is 11.8. The Morgan fingerprint density at radius 2 is 2.28 bits per heavy atom. The van der Waals surface area contributed by atoms with Crippen LogP contribution < -0.4 is 5.32 Å². The van der Waals surface area contributed by atoms with E-state index in [2.05, 4.69) is 5.32 Å². The molecule has 6 nitrogen and oxygen atoms in total. The third-order valence-corrected chi connectivity index (χ3v) is 3.09. The molecule has 6 heteroatoms. The predicted octanol–water partition coefficient (Wildman–Crippen LogP) is 0.775. The summed E-state index contributed by atoms with van der Waals surface area (Å²) in [6, 6.07) is -0.106. The number of rotatable bonds is 6. The van der Waals surface area contributed by atoms with E-state index in [1.54, 1.807) is 12.0 Å². The summed E-state index contributed by atoms with van der Waals surface area (Å²) in [5.41, 5.74) is 0. The molecule has 1 aliphatic rings. The van der Waals surface area contributed by atoms with Crippen molar-refractivity contribution < 1.29 is 19.4 Å². The number of carbonyl (C=O) groups is 2. The van der Waals surface area contributed by atoms with Crippen LogP contribution in [0.1, 0.15) is 19.8 Å². The lowest BCUT2D eigenvalue weighted by molar-refractivity contribution is -0.138. The molecule has 2 amide bonds. The maximum Gasteiger partial charge on any atom is 0.317 e. The third kappa shape index (κ3) is 4.91. The van der Waals surface area contributed by atoms with Gasteiger partial charge in [0, 0.05) is 33.2 Å². The first-order chi connectivity index (χ1) is 8.52. The van der Waals surface area contributed by atoms with E-state index < -0.39 is 5.97 Å². The summed E-state index contributed by atoms with van der Waals surface area (Å²) in [6.07, 6.45) is 0.914. The number of carboxylic acid groups (broad SMARTS) is 1. The highest BCUT2D eigenvalue weighted by atomic mass is 16.5. The highest BCUT2D eigenvalue weighted by Crippen LogP contribution is 2.19. The molecule has 0 aromatic rings. The topological polar surface area (TPSA) is 78.9 Å². The van der Waals surface area contributed by atoms with E-state index in [9.17, 15) is 9.59 Å². The van der Waals surface area contributed by atoms with Gasteiger partial charge in [-0.25, -0.2) is 4.79 Å². The van der Waals surface area contributed by atoms with Crippen LogP contribution in [0.3, 0.4) is 0 Å². The Balaban J connectivity index is 2.25. The van der Waals surface area contributed by atoms with Crippen molar-refractivity contribution in [1.29, 1.82) is 0 Å². The molecule has 0 aromatic carbocycles. The largest absolute Gasteiger partial charge is 0.481 e. The fourth-order valence-electron chi connectivity index (χ4n) is 2.15. The van der Waals surface area contributed by atoms with Crippen molar-refractivity contribution in [2.24, 2.45) is 11.8 Å². The van der Waals surface area contributed by atoms with Crippen LogP contribution in [0.2, 0.25) is 0 Å². The Morgan fingerprint density at radius 3 is 2.89 bits per heavy atom. The second kappa shape index (κ2) is 7.20. The molecular weight excluding hydrogens is 236 g/mol. The number of carboxylic acids is 1. The first kappa shape index (κ1) is 14.8. The molecule has 2 atom stereocenters. The van der Waals surface area contributed by atoms with Gasteiger partial charge in [0.25, 0.3) is 0 Å². The molecule has 0 aromatic heterocycles. The zero-order chi connectivity index (χ0) is 13.5. The zero-order valence-electron chi connectivity index (χ0n) is 11.0. The molecule has 104 valence electrons. The molecule has 2 N–H and O–H groups in total. The molecule has 18 heavy (non-hydrogen) atoms. The zero-order valence-corrected chi connectivity index (χ0v) is 11.0. The summed E-state index contributed by atoms with van der Waals surface area (Å²) in [5, 5.41) is 11.5. The van der Waals surface area contributed by atoms with Gasteiger partial charge in [0.05, 0.1) is 6.61 Å². The van der Waals surface area contributed by atoms with E-state index in [0.717, 1.165) is 6.42 Å². The Morgan fingerprint density at radius 1 is 1.56 bits per heavy atom. The molecular formula is C12H22N2O4. The fraction of sp³-hybridized carbons (Fsp3) is 0.833. The highest BCUT2D eigenvalue weighted by molar-refractivity contribution is 5.74. The van der Waals surface area contributed by atoms with Crippen LogP contribution in [0.5, 0.6) is 0 Å². The second-order valence-corrected chi connectivity index (χ2v) is 4.95. The Kier molecular flexibility index (Phi) is 5.91. The van der Waals surface area contributed by atoms with Crippen LogP contribution >= 0.6 is 0 Å². The monoisotopic (exact) mass is 258 g/mol. The fourth-order valence-corrected chi connectivity index (χ4v) is 2.15. The smallest absolute Gasteiger partial charge is 0.317 e. The van der Waals surface area contributed by atoms with Crippen LogP contribution in [0.4, 0.5) is 4.79 Å². The molecule has 1 saturated heterocycles. The number of methoxy groups -OCH3 is 1. The SMILES string of the molecule is COCC(C)CNC(=O)N1CCC(CC(=O)O)C1. The van der Waals surface area contributed by atoms with Gasteiger partial charge >= 0.3 is 12.0 Å². The number of urea groups is 1. The van der Waals surface area contributed by atoms with Crippen molar-refractivity contribution in [2.45, 2.75) is 19.8 Å². The minimum atomic E-state index is -0.795. The normalized spacial score (nSPS) is 20.8. The van der Waals surface area contributed by atoms with Crippen molar-refractivity contribution in [3.63, 3.8) is 0 Å². The average molecular weight is 258 g/mol. The summed E-state index contributed by atoms with van der Waals surface area (Å²) in [6.45, 7) is 4.37. The van der Waals surface area contributed by atoms with E-state index >= 15 is 0 Å². The summed E-state index contributed by atoms with van der Waals surface area (Å²) >= 11 is 0. The van der Waals surface area contributed by atoms with Crippen molar-refractivity contribution in [3.8, 4) is 0 Å². The van der Waals surface area contributed by atoms with Crippen LogP contribution in [0.15, 0.2) is 0 Å². The maximum absolute atomic E-state index is 11.8. The number of hydrogen-bond acceptors (Lipinski definition) is 3. The van der Waals surface area contributed by atoms with E-state index in [-0.39, 0.29) is 24.3 Å². The van der Waals surface area contributed by atoms with Gasteiger partial charge in [0.1, 0.15) is 0 Å². The van der Waals surface area contributed by atoms with Crippen molar-refractivity contribution >= 4 is 12.0 Å². The van der Waals surface area contributed by atoms with Crippen LogP contribution in [-0.4, -0.2) is 55.4 Å². The molecule has 0 aliphatic carbocycles. The molecule has 1 rings (SSSR count). The van der Waals surface area contributed by atoms with Crippen molar-refractivity contribution in [2.75, 3.05) is 33.4 Å². The standard InChI is InChI=1S/C12H22N2O4/c1-9(8-18-2)6-13-12(17)14-4-3-10(7-14)5-11(15)16/h9-10H,3-8H2,1-2H3,(H,13,17)(H,15,16). The number of likely N-dealkylation sites (tertiary alicyclic amines) is 1. The molecule has 1 heterocycles. The Hall–Kier alpha value is -1.30. The number of ether oxygens (including phenoxy) is 1. The molecule has 2 unspecified atom stereocenters. The van der Waals surface area contributed by atoms with Gasteiger partial charge in [0.15, 0.2) is 0 Å². The minimum Gasteiger partial charge on any atom is -0.481 e. The average Bonchev–Trinajstić information content (AvgIpc) is 2.74. The van der Waals surface area contributed by atoms with Crippen molar-refractivity contribution in [3.05, 3.63) is 0 Å². The van der Waals surface area contributed by atoms with Gasteiger partial charge in [-0.3, -0.25) is 4.79 Å². The first-order valence-corrected chi connectivity index (χ1v) is 6.26. The second-order valence-electron chi connectivity index (χ2n) is 4.95. The quantitative estimate of drug-likeness (QED) is 0.737. The Bertz CT molecular complexity index is 296. The van der Waals surface area contributed by atoms with Gasteiger partial charge in [-0.05, 0) is 18.3 Å². The number of amides is 2. The number of hydrogen-bond donors (Lipinski definition) is 2. The van der Waals surface area contributed by atoms with Gasteiger partial charge in [0.2, 0.25) is 0 Å². The summed E-state index contributed by atoms with van der Waals surface area (Å²) in [7, 11) is 1.63. The molecule has 0 bridgehead atoms. The van der Waals surface area contributed by atoms with Gasteiger partial charge in [-0.1, -0.05) is 6.92 Å². The van der Waals surface area contributed by atoms with E-state index in [4.69, 9.17) is 9.84 Å². The number of nitrogens with zero attached hydrogens (tertiary/aromatic N) is 1. The lowest BCUT2D eigenvalue weighted by atomic mass is 10.1. The van der Waals surface area contributed by atoms with Crippen LogP contribution in [0, 0.1) is 11.8 Å². The predicted molar refractivity (Wildman–Crippen MR) is 66.4 cm³/mol. The van der Waals surface area contributed by atoms with Crippen LogP contribution in [0.25, 0.3) is 0 Å². The number of aliphatic carboxylic acids is 1. The lowest BCUT2D eigenvalue weighted by Crippen LogP contribution is -2.40. The van der Waals surface area contributed by atoms with Gasteiger partial charge in [-0.15, -0.1) is 0 Å². The molecule has 0 spiro atoms. The van der Waals surface area contributed by atoms with Crippen LogP contribution in [-0.2, 0) is 9.53 Å².